The monoisotopic (exact) mass is 322 g/mol. The van der Waals surface area contributed by atoms with Gasteiger partial charge in [-0.25, -0.2) is 0 Å². The first-order chi connectivity index (χ1) is 10.8. The first-order valence-electron chi connectivity index (χ1n) is 9.21. The predicted molar refractivity (Wildman–Crippen MR) is 86.5 cm³/mol. The molecular formula is C19H30O4. The summed E-state index contributed by atoms with van der Waals surface area (Å²) >= 11 is 0. The normalized spacial score (nSPS) is 58.9. The summed E-state index contributed by atoms with van der Waals surface area (Å²) in [5.41, 5.74) is 1.01. The van der Waals surface area contributed by atoms with Gasteiger partial charge >= 0.3 is 0 Å². The van der Waals surface area contributed by atoms with E-state index in [-0.39, 0.29) is 28.8 Å². The third-order valence-electron chi connectivity index (χ3n) is 8.08. The van der Waals surface area contributed by atoms with E-state index in [4.69, 9.17) is 0 Å². The fourth-order valence-electron chi connectivity index (χ4n) is 6.62. The zero-order chi connectivity index (χ0) is 16.6. The van der Waals surface area contributed by atoms with E-state index in [0.717, 1.165) is 25.7 Å². The lowest BCUT2D eigenvalue weighted by molar-refractivity contribution is -0.110. The van der Waals surface area contributed by atoms with Crippen LogP contribution in [-0.4, -0.2) is 44.8 Å². The van der Waals surface area contributed by atoms with Gasteiger partial charge in [-0.3, -0.25) is 0 Å². The number of fused-ring (bicyclic) bond motifs is 5. The van der Waals surface area contributed by atoms with Crippen LogP contribution in [0, 0.1) is 28.6 Å². The lowest BCUT2D eigenvalue weighted by Crippen LogP contribution is -2.55. The third kappa shape index (κ3) is 2.05. The molecule has 9 atom stereocenters. The Morgan fingerprint density at radius 2 is 1.74 bits per heavy atom. The predicted octanol–water partition coefficient (Wildman–Crippen LogP) is 1.61. The van der Waals surface area contributed by atoms with Crippen molar-refractivity contribution >= 4 is 0 Å². The van der Waals surface area contributed by atoms with Crippen molar-refractivity contribution in [1.29, 1.82) is 0 Å². The summed E-state index contributed by atoms with van der Waals surface area (Å²) in [5, 5.41) is 41.6. The number of rotatable bonds is 0. The molecule has 4 aliphatic carbocycles. The van der Waals surface area contributed by atoms with Crippen molar-refractivity contribution in [2.75, 3.05) is 0 Å². The Morgan fingerprint density at radius 1 is 1.00 bits per heavy atom. The van der Waals surface area contributed by atoms with Crippen molar-refractivity contribution in [2.24, 2.45) is 28.6 Å². The van der Waals surface area contributed by atoms with Crippen LogP contribution in [0.1, 0.15) is 52.4 Å². The molecule has 0 unspecified atom stereocenters. The van der Waals surface area contributed by atoms with Crippen molar-refractivity contribution in [3.63, 3.8) is 0 Å². The molecule has 3 fully saturated rings. The Morgan fingerprint density at radius 3 is 2.48 bits per heavy atom. The smallest absolute Gasteiger partial charge is 0.0855 e. The first kappa shape index (κ1) is 16.1. The summed E-state index contributed by atoms with van der Waals surface area (Å²) < 4.78 is 0. The summed E-state index contributed by atoms with van der Waals surface area (Å²) in [7, 11) is 0. The Balaban J connectivity index is 1.73. The van der Waals surface area contributed by atoms with Crippen molar-refractivity contribution in [2.45, 2.75) is 76.8 Å². The van der Waals surface area contributed by atoms with E-state index in [1.54, 1.807) is 0 Å². The summed E-state index contributed by atoms with van der Waals surface area (Å²) in [6, 6.07) is 0. The molecule has 3 saturated carbocycles. The molecule has 0 aromatic heterocycles. The van der Waals surface area contributed by atoms with Crippen LogP contribution in [0.2, 0.25) is 0 Å². The van der Waals surface area contributed by atoms with Crippen molar-refractivity contribution in [1.82, 2.24) is 0 Å². The maximum atomic E-state index is 10.9. The summed E-state index contributed by atoms with van der Waals surface area (Å²) in [6.07, 6.45) is 4.85. The largest absolute Gasteiger partial charge is 0.393 e. The van der Waals surface area contributed by atoms with Crippen LogP contribution < -0.4 is 0 Å². The number of aliphatic hydroxyl groups excluding tert-OH is 4. The Bertz CT molecular complexity index is 531. The topological polar surface area (TPSA) is 80.9 Å². The second kappa shape index (κ2) is 5.04. The lowest BCUT2D eigenvalue weighted by Gasteiger charge is -2.58. The quantitative estimate of drug-likeness (QED) is 0.511. The number of hydrogen-bond acceptors (Lipinski definition) is 4. The fourth-order valence-corrected chi connectivity index (χ4v) is 6.62. The minimum atomic E-state index is -0.674. The average Bonchev–Trinajstić information content (AvgIpc) is 2.73. The summed E-state index contributed by atoms with van der Waals surface area (Å²) in [5.74, 6) is 0.674. The zero-order valence-corrected chi connectivity index (χ0v) is 14.2. The van der Waals surface area contributed by atoms with E-state index in [1.807, 2.05) is 6.08 Å². The average molecular weight is 322 g/mol. The molecule has 4 aliphatic rings. The highest BCUT2D eigenvalue weighted by atomic mass is 16.3. The number of hydrogen-bond donors (Lipinski definition) is 4. The van der Waals surface area contributed by atoms with Gasteiger partial charge in [0.2, 0.25) is 0 Å². The van der Waals surface area contributed by atoms with Crippen LogP contribution in [0.5, 0.6) is 0 Å². The number of aliphatic hydroxyl groups is 4. The molecule has 0 bridgehead atoms. The summed E-state index contributed by atoms with van der Waals surface area (Å²) in [6.45, 7) is 4.40. The van der Waals surface area contributed by atoms with Gasteiger partial charge in [-0.1, -0.05) is 25.5 Å². The van der Waals surface area contributed by atoms with Gasteiger partial charge in [0.05, 0.1) is 24.4 Å². The van der Waals surface area contributed by atoms with Crippen molar-refractivity contribution in [3.8, 4) is 0 Å². The van der Waals surface area contributed by atoms with E-state index in [2.05, 4.69) is 13.8 Å². The van der Waals surface area contributed by atoms with Gasteiger partial charge < -0.3 is 20.4 Å². The minimum Gasteiger partial charge on any atom is -0.393 e. The molecule has 0 heterocycles. The van der Waals surface area contributed by atoms with Gasteiger partial charge in [-0.15, -0.1) is 0 Å². The van der Waals surface area contributed by atoms with Gasteiger partial charge in [0.15, 0.2) is 0 Å². The Kier molecular flexibility index (Phi) is 3.52. The molecule has 4 rings (SSSR count). The lowest BCUT2D eigenvalue weighted by atomic mass is 9.47. The van der Waals surface area contributed by atoms with Gasteiger partial charge in [-0.05, 0) is 67.1 Å². The van der Waals surface area contributed by atoms with Gasteiger partial charge in [0.25, 0.3) is 0 Å². The highest BCUT2D eigenvalue weighted by Crippen LogP contribution is 2.64. The molecule has 0 amide bonds. The molecule has 0 radical (unpaired) electrons. The second-order valence-electron chi connectivity index (χ2n) is 9.08. The zero-order valence-electron chi connectivity index (χ0n) is 14.2. The van der Waals surface area contributed by atoms with E-state index in [9.17, 15) is 20.4 Å². The first-order valence-corrected chi connectivity index (χ1v) is 9.21. The molecule has 0 aliphatic heterocycles. The van der Waals surface area contributed by atoms with Crippen LogP contribution in [0.3, 0.4) is 0 Å². The molecule has 0 aromatic rings. The minimum absolute atomic E-state index is 0.0585. The summed E-state index contributed by atoms with van der Waals surface area (Å²) in [4.78, 5) is 0. The van der Waals surface area contributed by atoms with Crippen molar-refractivity contribution < 1.29 is 20.4 Å². The molecular weight excluding hydrogens is 292 g/mol. The Labute approximate surface area is 138 Å². The molecule has 0 saturated heterocycles. The maximum Gasteiger partial charge on any atom is 0.0855 e. The molecule has 0 aromatic carbocycles. The molecule has 0 spiro atoms. The fraction of sp³-hybridized carbons (Fsp3) is 0.895. The molecule has 4 heteroatoms. The molecule has 23 heavy (non-hydrogen) atoms. The molecule has 4 N–H and O–H groups in total. The van der Waals surface area contributed by atoms with E-state index < -0.39 is 18.3 Å². The third-order valence-corrected chi connectivity index (χ3v) is 8.08. The van der Waals surface area contributed by atoms with Crippen LogP contribution in [0.4, 0.5) is 0 Å². The van der Waals surface area contributed by atoms with Crippen LogP contribution >= 0.6 is 0 Å². The molecule has 4 nitrogen and oxygen atoms in total. The highest BCUT2D eigenvalue weighted by Gasteiger charge is 2.62. The second-order valence-corrected chi connectivity index (χ2v) is 9.08. The van der Waals surface area contributed by atoms with E-state index in [0.29, 0.717) is 18.8 Å². The van der Waals surface area contributed by atoms with Gasteiger partial charge in [0.1, 0.15) is 0 Å². The Hall–Kier alpha value is -0.420. The standard InChI is InChI=1S/C19H30O4/c1-18-5-3-11(20)7-10(18)8-14(21)16-12(18)4-6-19(2)13(16)9-15(22)17(19)23/h8,11-17,20-23H,3-7,9H2,1-2H3/t11-,12+,13+,14+,15-,16-,17+,18+,19+/m1/s1. The molecule has 130 valence electrons. The van der Waals surface area contributed by atoms with E-state index >= 15 is 0 Å². The van der Waals surface area contributed by atoms with Gasteiger partial charge in [-0.2, -0.15) is 0 Å². The van der Waals surface area contributed by atoms with Crippen LogP contribution in [0.25, 0.3) is 0 Å². The van der Waals surface area contributed by atoms with E-state index in [1.165, 1.54) is 5.57 Å². The highest BCUT2D eigenvalue weighted by molar-refractivity contribution is 5.28. The van der Waals surface area contributed by atoms with Gasteiger partial charge in [0, 0.05) is 0 Å². The SMILES string of the molecule is C[C@]12CC[C@H]3[C@@H]([C@@H](O)C=C4C[C@H](O)CC[C@@]43C)[C@@H]1C[C@@H](O)[C@@H]2O. The van der Waals surface area contributed by atoms with Crippen LogP contribution in [-0.2, 0) is 0 Å². The van der Waals surface area contributed by atoms with Crippen molar-refractivity contribution in [3.05, 3.63) is 11.6 Å². The van der Waals surface area contributed by atoms with Crippen LogP contribution in [0.15, 0.2) is 11.6 Å². The maximum absolute atomic E-state index is 10.9.